The summed E-state index contributed by atoms with van der Waals surface area (Å²) in [6, 6.07) is 2.25. The molecule has 5 nitrogen and oxygen atoms in total. The Bertz CT molecular complexity index is 452. The Morgan fingerprint density at radius 3 is 3.05 bits per heavy atom. The van der Waals surface area contributed by atoms with Crippen molar-refractivity contribution in [2.24, 2.45) is 5.92 Å². The van der Waals surface area contributed by atoms with Gasteiger partial charge in [0.25, 0.3) is 0 Å². The minimum Gasteiger partial charge on any atom is -0.359 e. The smallest absolute Gasteiger partial charge is 0.221 e. The second kappa shape index (κ2) is 5.33. The number of hydrogen-bond donors (Lipinski definition) is 1. The lowest BCUT2D eigenvalue weighted by atomic mass is 9.85. The van der Waals surface area contributed by atoms with Crippen LogP contribution in [-0.4, -0.2) is 40.7 Å². The van der Waals surface area contributed by atoms with E-state index in [0.29, 0.717) is 6.42 Å². The van der Waals surface area contributed by atoms with Gasteiger partial charge in [0.15, 0.2) is 0 Å². The molecule has 0 bridgehead atoms. The lowest BCUT2D eigenvalue weighted by Crippen LogP contribution is -2.42. The molecule has 0 spiro atoms. The highest BCUT2D eigenvalue weighted by atomic mass is 16.1. The van der Waals surface area contributed by atoms with Crippen molar-refractivity contribution >= 4 is 5.91 Å². The van der Waals surface area contributed by atoms with Gasteiger partial charge < -0.3 is 5.32 Å². The molecule has 1 saturated carbocycles. The number of aromatic nitrogens is 2. The molecule has 1 aromatic heterocycles. The maximum Gasteiger partial charge on any atom is 0.221 e. The Balaban J connectivity index is 1.69. The molecule has 2 aliphatic rings. The summed E-state index contributed by atoms with van der Waals surface area (Å²) < 4.78 is 2.03. The fourth-order valence-electron chi connectivity index (χ4n) is 3.11. The molecule has 1 atom stereocenters. The third-order valence-electron chi connectivity index (χ3n) is 4.39. The molecule has 104 valence electrons. The summed E-state index contributed by atoms with van der Waals surface area (Å²) in [6.45, 7) is 3.09. The Kier molecular flexibility index (Phi) is 3.55. The molecule has 19 heavy (non-hydrogen) atoms. The fraction of sp³-hybridized carbons (Fsp3) is 0.714. The van der Waals surface area contributed by atoms with Crippen LogP contribution in [0.15, 0.2) is 12.3 Å². The van der Waals surface area contributed by atoms with Crippen LogP contribution in [0.1, 0.15) is 37.4 Å². The average Bonchev–Trinajstić information content (AvgIpc) is 2.82. The van der Waals surface area contributed by atoms with Gasteiger partial charge in [-0.15, -0.1) is 0 Å². The van der Waals surface area contributed by atoms with Gasteiger partial charge in [-0.25, -0.2) is 0 Å². The number of rotatable bonds is 4. The van der Waals surface area contributed by atoms with Gasteiger partial charge in [-0.05, 0) is 24.8 Å². The second-order valence-electron chi connectivity index (χ2n) is 5.79. The zero-order chi connectivity index (χ0) is 13.2. The van der Waals surface area contributed by atoms with Crippen LogP contribution in [0.25, 0.3) is 0 Å². The van der Waals surface area contributed by atoms with E-state index < -0.39 is 0 Å². The van der Waals surface area contributed by atoms with Crippen LogP contribution >= 0.6 is 0 Å². The van der Waals surface area contributed by atoms with Crippen molar-refractivity contribution in [2.75, 3.05) is 20.1 Å². The third-order valence-corrected chi connectivity index (χ3v) is 4.39. The first-order valence-corrected chi connectivity index (χ1v) is 7.21. The maximum atomic E-state index is 11.6. The zero-order valence-electron chi connectivity index (χ0n) is 11.5. The number of nitrogens with one attached hydrogen (secondary N) is 1. The van der Waals surface area contributed by atoms with Crippen LogP contribution in [0.4, 0.5) is 0 Å². The fourth-order valence-corrected chi connectivity index (χ4v) is 3.11. The molecule has 1 aliphatic carbocycles. The first kappa shape index (κ1) is 12.7. The van der Waals surface area contributed by atoms with E-state index in [-0.39, 0.29) is 11.9 Å². The molecule has 1 amide bonds. The Hall–Kier alpha value is -1.36. The predicted octanol–water partition coefficient (Wildman–Crippen LogP) is 1.18. The van der Waals surface area contributed by atoms with Gasteiger partial charge in [0, 0.05) is 32.9 Å². The normalized spacial score (nSPS) is 23.7. The Morgan fingerprint density at radius 1 is 1.53 bits per heavy atom. The number of nitrogens with zero attached hydrogens (tertiary/aromatic N) is 3. The summed E-state index contributed by atoms with van der Waals surface area (Å²) in [5, 5.41) is 7.10. The molecule has 0 radical (unpaired) electrons. The first-order chi connectivity index (χ1) is 9.26. The number of carbonyl (C=O) groups is 1. The molecule has 1 N–H and O–H groups in total. The number of carbonyl (C=O) groups excluding carboxylic acids is 1. The largest absolute Gasteiger partial charge is 0.359 e. The molecule has 1 aromatic rings. The predicted molar refractivity (Wildman–Crippen MR) is 72.6 cm³/mol. The summed E-state index contributed by atoms with van der Waals surface area (Å²) in [4.78, 5) is 14.1. The minimum absolute atomic E-state index is 0.0944. The van der Waals surface area contributed by atoms with Crippen molar-refractivity contribution in [3.05, 3.63) is 18.0 Å². The van der Waals surface area contributed by atoms with Gasteiger partial charge in [0.2, 0.25) is 5.91 Å². The summed E-state index contributed by atoms with van der Waals surface area (Å²) in [5.74, 6) is 0.965. The van der Waals surface area contributed by atoms with E-state index >= 15 is 0 Å². The Labute approximate surface area is 114 Å². The summed E-state index contributed by atoms with van der Waals surface area (Å²) in [5.41, 5.74) is 1.24. The summed E-state index contributed by atoms with van der Waals surface area (Å²) in [6.07, 6.45) is 6.50. The van der Waals surface area contributed by atoms with Gasteiger partial charge in [-0.3, -0.25) is 14.4 Å². The summed E-state index contributed by atoms with van der Waals surface area (Å²) in [7, 11) is 1.70. The summed E-state index contributed by atoms with van der Waals surface area (Å²) >= 11 is 0. The molecule has 1 aliphatic heterocycles. The molecule has 0 aromatic carbocycles. The van der Waals surface area contributed by atoms with Crippen molar-refractivity contribution in [1.29, 1.82) is 0 Å². The lowest BCUT2D eigenvalue weighted by Gasteiger charge is -2.37. The van der Waals surface area contributed by atoms with Crippen molar-refractivity contribution in [2.45, 2.75) is 38.3 Å². The van der Waals surface area contributed by atoms with Crippen LogP contribution in [0.2, 0.25) is 0 Å². The molecule has 2 heterocycles. The molecule has 3 rings (SSSR count). The van der Waals surface area contributed by atoms with Crippen molar-refractivity contribution in [1.82, 2.24) is 20.0 Å². The van der Waals surface area contributed by atoms with E-state index in [1.807, 2.05) is 10.9 Å². The van der Waals surface area contributed by atoms with Gasteiger partial charge >= 0.3 is 0 Å². The van der Waals surface area contributed by atoms with Crippen LogP contribution in [0.3, 0.4) is 0 Å². The maximum absolute atomic E-state index is 11.6. The van der Waals surface area contributed by atoms with E-state index in [9.17, 15) is 4.79 Å². The number of amides is 1. The molecule has 1 fully saturated rings. The SMILES string of the molecule is CNC(=O)CC1CN(CC2CCC2)Cc2ccnn21. The Morgan fingerprint density at radius 2 is 2.37 bits per heavy atom. The van der Waals surface area contributed by atoms with E-state index in [0.717, 1.165) is 19.0 Å². The van der Waals surface area contributed by atoms with Crippen molar-refractivity contribution in [3.8, 4) is 0 Å². The topological polar surface area (TPSA) is 50.2 Å². The van der Waals surface area contributed by atoms with Crippen molar-refractivity contribution < 1.29 is 4.79 Å². The highest BCUT2D eigenvalue weighted by Crippen LogP contribution is 2.30. The lowest BCUT2D eigenvalue weighted by molar-refractivity contribution is -0.121. The standard InChI is InChI=1S/C14H22N4O/c1-15-14(19)7-13-10-17(8-11-3-2-4-11)9-12-5-6-16-18(12)13/h5-6,11,13H,2-4,7-10H2,1H3,(H,15,19). The van der Waals surface area contributed by atoms with Gasteiger partial charge in [-0.1, -0.05) is 6.42 Å². The monoisotopic (exact) mass is 262 g/mol. The van der Waals surface area contributed by atoms with Gasteiger partial charge in [0.1, 0.15) is 0 Å². The average molecular weight is 262 g/mol. The van der Waals surface area contributed by atoms with Crippen LogP contribution < -0.4 is 5.32 Å². The van der Waals surface area contributed by atoms with Crippen LogP contribution in [0.5, 0.6) is 0 Å². The highest BCUT2D eigenvalue weighted by molar-refractivity contribution is 5.76. The molecular formula is C14H22N4O. The molecule has 5 heteroatoms. The van der Waals surface area contributed by atoms with Crippen LogP contribution in [0, 0.1) is 5.92 Å². The third kappa shape index (κ3) is 2.66. The molecule has 0 saturated heterocycles. The number of hydrogen-bond acceptors (Lipinski definition) is 3. The van der Waals surface area contributed by atoms with Gasteiger partial charge in [-0.2, -0.15) is 5.10 Å². The number of fused-ring (bicyclic) bond motifs is 1. The quantitative estimate of drug-likeness (QED) is 0.886. The molecule has 1 unspecified atom stereocenters. The zero-order valence-corrected chi connectivity index (χ0v) is 11.5. The molecular weight excluding hydrogens is 240 g/mol. The first-order valence-electron chi connectivity index (χ1n) is 7.21. The second-order valence-corrected chi connectivity index (χ2v) is 5.79. The minimum atomic E-state index is 0.0944. The van der Waals surface area contributed by atoms with E-state index in [4.69, 9.17) is 0 Å². The van der Waals surface area contributed by atoms with E-state index in [1.165, 1.54) is 31.5 Å². The van der Waals surface area contributed by atoms with Crippen LogP contribution in [-0.2, 0) is 11.3 Å². The van der Waals surface area contributed by atoms with Gasteiger partial charge in [0.05, 0.1) is 18.2 Å². The van der Waals surface area contributed by atoms with E-state index in [2.05, 4.69) is 21.4 Å². The highest BCUT2D eigenvalue weighted by Gasteiger charge is 2.29. The van der Waals surface area contributed by atoms with Crippen molar-refractivity contribution in [3.63, 3.8) is 0 Å². The van der Waals surface area contributed by atoms with E-state index in [1.54, 1.807) is 7.05 Å².